The SMILES string of the molecule is COC(=O)C(COc1ccccc1Cl)NC(C)=O. The molecule has 0 saturated carbocycles. The monoisotopic (exact) mass is 271 g/mol. The van der Waals surface area contributed by atoms with Gasteiger partial charge in [0, 0.05) is 6.92 Å². The average Bonchev–Trinajstić information content (AvgIpc) is 2.34. The van der Waals surface area contributed by atoms with Crippen LogP contribution in [0.1, 0.15) is 6.92 Å². The predicted molar refractivity (Wildman–Crippen MR) is 66.6 cm³/mol. The van der Waals surface area contributed by atoms with Crippen LogP contribution in [0.2, 0.25) is 5.02 Å². The molecule has 0 bridgehead atoms. The van der Waals surface area contributed by atoms with Gasteiger partial charge in [0.15, 0.2) is 6.04 Å². The first-order chi connectivity index (χ1) is 8.54. The Morgan fingerprint density at radius 2 is 2.06 bits per heavy atom. The zero-order valence-corrected chi connectivity index (χ0v) is 10.9. The predicted octanol–water partition coefficient (Wildman–Crippen LogP) is 1.40. The summed E-state index contributed by atoms with van der Waals surface area (Å²) < 4.78 is 9.94. The Hall–Kier alpha value is -1.75. The van der Waals surface area contributed by atoms with E-state index in [1.807, 2.05) is 0 Å². The molecule has 98 valence electrons. The summed E-state index contributed by atoms with van der Waals surface area (Å²) in [7, 11) is 1.24. The quantitative estimate of drug-likeness (QED) is 0.822. The molecular formula is C12H14ClNO4. The largest absolute Gasteiger partial charge is 0.489 e. The van der Waals surface area contributed by atoms with E-state index in [9.17, 15) is 9.59 Å². The van der Waals surface area contributed by atoms with Crippen LogP contribution in [0.4, 0.5) is 0 Å². The Labute approximate surface area is 110 Å². The Bertz CT molecular complexity index is 436. The van der Waals surface area contributed by atoms with Gasteiger partial charge in [0.25, 0.3) is 0 Å². The number of para-hydroxylation sites is 1. The number of halogens is 1. The molecule has 0 aliphatic carbocycles. The molecular weight excluding hydrogens is 258 g/mol. The van der Waals surface area contributed by atoms with Crippen LogP contribution in [-0.4, -0.2) is 31.6 Å². The number of nitrogens with one attached hydrogen (secondary N) is 1. The van der Waals surface area contributed by atoms with Gasteiger partial charge in [-0.25, -0.2) is 4.79 Å². The Balaban J connectivity index is 2.64. The Morgan fingerprint density at radius 1 is 1.39 bits per heavy atom. The van der Waals surface area contributed by atoms with E-state index in [2.05, 4.69) is 10.1 Å². The molecule has 0 heterocycles. The van der Waals surface area contributed by atoms with Gasteiger partial charge >= 0.3 is 5.97 Å². The lowest BCUT2D eigenvalue weighted by Gasteiger charge is -2.16. The number of methoxy groups -OCH3 is 1. The van der Waals surface area contributed by atoms with Crippen LogP contribution in [0.3, 0.4) is 0 Å². The summed E-state index contributed by atoms with van der Waals surface area (Å²) in [6.45, 7) is 1.27. The maximum atomic E-state index is 11.4. The molecule has 0 fully saturated rings. The highest BCUT2D eigenvalue weighted by atomic mass is 35.5. The standard InChI is InChI=1S/C12H14ClNO4/c1-8(15)14-10(12(16)17-2)7-18-11-6-4-3-5-9(11)13/h3-6,10H,7H2,1-2H3,(H,14,15). The minimum absolute atomic E-state index is 0.0456. The molecule has 5 nitrogen and oxygen atoms in total. The van der Waals surface area contributed by atoms with Gasteiger partial charge in [-0.15, -0.1) is 0 Å². The van der Waals surface area contributed by atoms with Crippen molar-refractivity contribution in [1.29, 1.82) is 0 Å². The molecule has 0 aliphatic rings. The Kier molecular flexibility index (Phi) is 5.45. The van der Waals surface area contributed by atoms with Crippen LogP contribution in [-0.2, 0) is 14.3 Å². The van der Waals surface area contributed by atoms with Crippen molar-refractivity contribution in [2.75, 3.05) is 13.7 Å². The van der Waals surface area contributed by atoms with Gasteiger partial charge < -0.3 is 14.8 Å². The molecule has 0 saturated heterocycles. The first kappa shape index (κ1) is 14.3. The summed E-state index contributed by atoms with van der Waals surface area (Å²) >= 11 is 5.90. The van der Waals surface area contributed by atoms with Crippen LogP contribution >= 0.6 is 11.6 Å². The van der Waals surface area contributed by atoms with Crippen molar-refractivity contribution in [1.82, 2.24) is 5.32 Å². The molecule has 1 rings (SSSR count). The lowest BCUT2D eigenvalue weighted by molar-refractivity contribution is -0.145. The first-order valence-corrected chi connectivity index (χ1v) is 5.64. The summed E-state index contributed by atoms with van der Waals surface area (Å²) in [6, 6.07) is 6.00. The normalized spacial score (nSPS) is 11.5. The second-order valence-corrected chi connectivity index (χ2v) is 3.92. The zero-order chi connectivity index (χ0) is 13.5. The maximum absolute atomic E-state index is 11.4. The fraction of sp³-hybridized carbons (Fsp3) is 0.333. The van der Waals surface area contributed by atoms with Gasteiger partial charge in [-0.3, -0.25) is 4.79 Å². The third-order valence-corrected chi connectivity index (χ3v) is 2.42. The smallest absolute Gasteiger partial charge is 0.331 e. The molecule has 0 radical (unpaired) electrons. The number of carbonyl (C=O) groups excluding carboxylic acids is 2. The highest BCUT2D eigenvalue weighted by Crippen LogP contribution is 2.23. The lowest BCUT2D eigenvalue weighted by Crippen LogP contribution is -2.44. The van der Waals surface area contributed by atoms with E-state index in [1.54, 1.807) is 24.3 Å². The maximum Gasteiger partial charge on any atom is 0.331 e. The Morgan fingerprint density at radius 3 is 2.61 bits per heavy atom. The van der Waals surface area contributed by atoms with Crippen molar-refractivity contribution in [3.8, 4) is 5.75 Å². The van der Waals surface area contributed by atoms with Gasteiger partial charge in [0.1, 0.15) is 12.4 Å². The minimum Gasteiger partial charge on any atom is -0.489 e. The summed E-state index contributed by atoms with van der Waals surface area (Å²) in [6.07, 6.45) is 0. The number of benzene rings is 1. The summed E-state index contributed by atoms with van der Waals surface area (Å²) in [4.78, 5) is 22.4. The zero-order valence-electron chi connectivity index (χ0n) is 10.1. The molecule has 1 aromatic carbocycles. The van der Waals surface area contributed by atoms with E-state index < -0.39 is 12.0 Å². The van der Waals surface area contributed by atoms with E-state index in [4.69, 9.17) is 16.3 Å². The second-order valence-electron chi connectivity index (χ2n) is 3.52. The van der Waals surface area contributed by atoms with Gasteiger partial charge in [-0.1, -0.05) is 23.7 Å². The van der Waals surface area contributed by atoms with Crippen molar-refractivity contribution >= 4 is 23.5 Å². The molecule has 1 aromatic rings. The van der Waals surface area contributed by atoms with Crippen LogP contribution in [0.5, 0.6) is 5.75 Å². The van der Waals surface area contributed by atoms with Crippen LogP contribution in [0.25, 0.3) is 0 Å². The third-order valence-electron chi connectivity index (χ3n) is 2.11. The second kappa shape index (κ2) is 6.86. The number of hydrogen-bond acceptors (Lipinski definition) is 4. The van der Waals surface area contributed by atoms with Crippen LogP contribution in [0, 0.1) is 0 Å². The van der Waals surface area contributed by atoms with Crippen molar-refractivity contribution in [3.05, 3.63) is 29.3 Å². The molecule has 0 aromatic heterocycles. The molecule has 6 heteroatoms. The fourth-order valence-corrected chi connectivity index (χ4v) is 1.48. The van der Waals surface area contributed by atoms with Crippen LogP contribution < -0.4 is 10.1 Å². The fourth-order valence-electron chi connectivity index (χ4n) is 1.29. The molecule has 18 heavy (non-hydrogen) atoms. The molecule has 1 unspecified atom stereocenters. The molecule has 0 spiro atoms. The molecule has 1 amide bonds. The average molecular weight is 272 g/mol. The summed E-state index contributed by atoms with van der Waals surface area (Å²) in [5.74, 6) is -0.469. The van der Waals surface area contributed by atoms with E-state index in [-0.39, 0.29) is 12.5 Å². The summed E-state index contributed by atoms with van der Waals surface area (Å²) in [5.41, 5.74) is 0. The van der Waals surface area contributed by atoms with E-state index in [0.717, 1.165) is 0 Å². The van der Waals surface area contributed by atoms with Crippen molar-refractivity contribution in [3.63, 3.8) is 0 Å². The van der Waals surface area contributed by atoms with Gasteiger partial charge in [-0.2, -0.15) is 0 Å². The van der Waals surface area contributed by atoms with Gasteiger partial charge in [-0.05, 0) is 12.1 Å². The molecule has 0 aliphatic heterocycles. The minimum atomic E-state index is -0.858. The number of rotatable bonds is 5. The van der Waals surface area contributed by atoms with E-state index in [0.29, 0.717) is 10.8 Å². The van der Waals surface area contributed by atoms with Gasteiger partial charge in [0.05, 0.1) is 12.1 Å². The van der Waals surface area contributed by atoms with Crippen molar-refractivity contribution < 1.29 is 19.1 Å². The number of carbonyl (C=O) groups is 2. The van der Waals surface area contributed by atoms with Gasteiger partial charge in [0.2, 0.25) is 5.91 Å². The van der Waals surface area contributed by atoms with E-state index >= 15 is 0 Å². The van der Waals surface area contributed by atoms with Crippen molar-refractivity contribution in [2.24, 2.45) is 0 Å². The topological polar surface area (TPSA) is 64.6 Å². The van der Waals surface area contributed by atoms with Crippen molar-refractivity contribution in [2.45, 2.75) is 13.0 Å². The number of amides is 1. The number of esters is 1. The highest BCUT2D eigenvalue weighted by Gasteiger charge is 2.21. The first-order valence-electron chi connectivity index (χ1n) is 5.27. The number of ether oxygens (including phenoxy) is 2. The molecule has 1 N–H and O–H groups in total. The third kappa shape index (κ3) is 4.25. The number of hydrogen-bond donors (Lipinski definition) is 1. The lowest BCUT2D eigenvalue weighted by atomic mass is 10.3. The summed E-state index contributed by atoms with van der Waals surface area (Å²) in [5, 5.41) is 2.87. The van der Waals surface area contributed by atoms with E-state index in [1.165, 1.54) is 14.0 Å². The highest BCUT2D eigenvalue weighted by molar-refractivity contribution is 6.32. The van der Waals surface area contributed by atoms with Crippen LogP contribution in [0.15, 0.2) is 24.3 Å². The molecule has 1 atom stereocenters.